The Labute approximate surface area is 149 Å². The highest BCUT2D eigenvalue weighted by atomic mass is 16.3. The Morgan fingerprint density at radius 3 is 3.08 bits per heavy atom. The first-order valence-corrected chi connectivity index (χ1v) is 8.04. The van der Waals surface area contributed by atoms with Crippen molar-refractivity contribution in [3.63, 3.8) is 0 Å². The van der Waals surface area contributed by atoms with Crippen molar-refractivity contribution in [2.45, 2.75) is 25.4 Å². The van der Waals surface area contributed by atoms with Crippen LogP contribution in [0.4, 0.5) is 0 Å². The van der Waals surface area contributed by atoms with Gasteiger partial charge >= 0.3 is 0 Å². The summed E-state index contributed by atoms with van der Waals surface area (Å²) in [6.45, 7) is 1.41. The average Bonchev–Trinajstić information content (AvgIpc) is 3.05. The van der Waals surface area contributed by atoms with Gasteiger partial charge in [-0.1, -0.05) is 17.4 Å². The Hall–Kier alpha value is -3.33. The summed E-state index contributed by atoms with van der Waals surface area (Å²) in [4.78, 5) is 11.7. The monoisotopic (exact) mass is 353 g/mol. The van der Waals surface area contributed by atoms with E-state index in [1.807, 2.05) is 18.2 Å². The first-order valence-electron chi connectivity index (χ1n) is 8.04. The van der Waals surface area contributed by atoms with Crippen LogP contribution in [0.5, 0.6) is 0 Å². The molecule has 1 amide bonds. The van der Waals surface area contributed by atoms with Crippen LogP contribution in [0.2, 0.25) is 0 Å². The average molecular weight is 353 g/mol. The maximum Gasteiger partial charge on any atom is 0.252 e. The summed E-state index contributed by atoms with van der Waals surface area (Å²) in [6.07, 6.45) is 5.31. The molecule has 6 N–H and O–H groups in total. The van der Waals surface area contributed by atoms with Crippen molar-refractivity contribution >= 4 is 22.6 Å². The van der Waals surface area contributed by atoms with Gasteiger partial charge in [-0.25, -0.2) is 0 Å². The number of nitrogens with two attached hydrogens (primary N) is 1. The minimum Gasteiger partial charge on any atom is -0.384 e. The summed E-state index contributed by atoms with van der Waals surface area (Å²) in [7, 11) is 0. The molecule has 1 aliphatic carbocycles. The standard InChI is InChI=1S/C17H19N7O2/c1-9(25)17(26)20-12-4-2-3-10(7-12)15-13-8-11(16(18)23-24-19)5-6-14(13)21-22-15/h2,4-10,25H,3H2,1H3,(H,20,26)(H,21,22)(H3,18,19,23)/t9-,10?/m0/s1. The van der Waals surface area contributed by atoms with Crippen LogP contribution in [-0.4, -0.2) is 33.2 Å². The predicted octanol–water partition coefficient (Wildman–Crippen LogP) is 1.64. The molecule has 0 aliphatic heterocycles. The molecule has 2 aromatic rings. The zero-order chi connectivity index (χ0) is 18.7. The smallest absolute Gasteiger partial charge is 0.252 e. The molecule has 0 spiro atoms. The SMILES string of the molecule is C[C@H](O)C(=O)NC1=CC(c2[nH]nc3ccc(C(=N)N=NN)cc23)CC=C1. The van der Waals surface area contributed by atoms with Crippen LogP contribution in [-0.2, 0) is 4.79 Å². The first-order chi connectivity index (χ1) is 12.5. The van der Waals surface area contributed by atoms with Crippen molar-refractivity contribution in [3.8, 4) is 0 Å². The molecule has 2 atom stereocenters. The van der Waals surface area contributed by atoms with E-state index < -0.39 is 12.0 Å². The summed E-state index contributed by atoms with van der Waals surface area (Å²) in [6, 6.07) is 5.34. The molecule has 1 aromatic carbocycles. The fraction of sp³-hybridized carbons (Fsp3) is 0.235. The van der Waals surface area contributed by atoms with Gasteiger partial charge in [-0.05, 0) is 37.6 Å². The predicted molar refractivity (Wildman–Crippen MR) is 96.4 cm³/mol. The van der Waals surface area contributed by atoms with Gasteiger partial charge in [0.2, 0.25) is 0 Å². The number of aromatic nitrogens is 2. The van der Waals surface area contributed by atoms with E-state index in [4.69, 9.17) is 11.3 Å². The molecule has 9 nitrogen and oxygen atoms in total. The molecule has 1 aromatic heterocycles. The first kappa shape index (κ1) is 17.5. The lowest BCUT2D eigenvalue weighted by atomic mass is 9.93. The van der Waals surface area contributed by atoms with Crippen LogP contribution in [0.1, 0.15) is 30.5 Å². The Morgan fingerprint density at radius 1 is 1.54 bits per heavy atom. The second-order valence-electron chi connectivity index (χ2n) is 5.97. The van der Waals surface area contributed by atoms with E-state index in [0.29, 0.717) is 11.3 Å². The Morgan fingerprint density at radius 2 is 2.35 bits per heavy atom. The number of aliphatic hydroxyl groups is 1. The summed E-state index contributed by atoms with van der Waals surface area (Å²) >= 11 is 0. The van der Waals surface area contributed by atoms with Gasteiger partial charge in [-0.2, -0.15) is 5.10 Å². The number of hydrogen-bond donors (Lipinski definition) is 5. The van der Waals surface area contributed by atoms with Crippen molar-refractivity contribution in [3.05, 3.63) is 53.4 Å². The summed E-state index contributed by atoms with van der Waals surface area (Å²) in [5.41, 5.74) is 2.83. The Balaban J connectivity index is 1.93. The molecule has 0 saturated heterocycles. The van der Waals surface area contributed by atoms with Crippen LogP contribution >= 0.6 is 0 Å². The summed E-state index contributed by atoms with van der Waals surface area (Å²) in [5, 5.41) is 34.8. The zero-order valence-corrected chi connectivity index (χ0v) is 14.1. The Kier molecular flexibility index (Phi) is 4.90. The molecule has 9 heteroatoms. The number of fused-ring (bicyclic) bond motifs is 1. The third-order valence-electron chi connectivity index (χ3n) is 4.10. The van der Waals surface area contributed by atoms with E-state index in [1.165, 1.54) is 6.92 Å². The normalized spacial score (nSPS) is 18.1. The largest absolute Gasteiger partial charge is 0.384 e. The van der Waals surface area contributed by atoms with Crippen molar-refractivity contribution in [1.29, 1.82) is 5.41 Å². The van der Waals surface area contributed by atoms with Crippen molar-refractivity contribution < 1.29 is 9.90 Å². The van der Waals surface area contributed by atoms with E-state index in [1.54, 1.807) is 18.2 Å². The van der Waals surface area contributed by atoms with Crippen molar-refractivity contribution in [2.75, 3.05) is 0 Å². The number of hydrogen-bond acceptors (Lipinski definition) is 5. The van der Waals surface area contributed by atoms with E-state index in [9.17, 15) is 9.90 Å². The highest BCUT2D eigenvalue weighted by molar-refractivity contribution is 6.00. The van der Waals surface area contributed by atoms with Gasteiger partial charge in [0.1, 0.15) is 6.10 Å². The number of nitrogens with zero attached hydrogens (tertiary/aromatic N) is 3. The topological polar surface area (TPSA) is 153 Å². The van der Waals surface area contributed by atoms with Gasteiger partial charge in [-0.3, -0.25) is 15.3 Å². The second-order valence-corrected chi connectivity index (χ2v) is 5.97. The number of nitrogens with one attached hydrogen (secondary N) is 3. The van der Waals surface area contributed by atoms with E-state index >= 15 is 0 Å². The van der Waals surface area contributed by atoms with Crippen LogP contribution in [0.15, 0.2) is 52.5 Å². The van der Waals surface area contributed by atoms with Crippen molar-refractivity contribution in [1.82, 2.24) is 15.5 Å². The highest BCUT2D eigenvalue weighted by Gasteiger charge is 2.19. The van der Waals surface area contributed by atoms with Gasteiger partial charge in [0.05, 0.1) is 11.2 Å². The maximum absolute atomic E-state index is 11.7. The van der Waals surface area contributed by atoms with Gasteiger partial charge in [0.15, 0.2) is 5.84 Å². The molecule has 1 heterocycles. The molecular weight excluding hydrogens is 334 g/mol. The van der Waals surface area contributed by atoms with Crippen LogP contribution in [0, 0.1) is 5.41 Å². The molecule has 0 saturated carbocycles. The molecule has 0 bridgehead atoms. The van der Waals surface area contributed by atoms with Gasteiger partial charge in [0, 0.05) is 22.6 Å². The third-order valence-corrected chi connectivity index (χ3v) is 4.10. The number of carbonyl (C=O) groups is 1. The number of benzene rings is 1. The van der Waals surface area contributed by atoms with E-state index in [2.05, 4.69) is 25.9 Å². The highest BCUT2D eigenvalue weighted by Crippen LogP contribution is 2.31. The molecule has 26 heavy (non-hydrogen) atoms. The number of carbonyl (C=O) groups excluding carboxylic acids is 1. The minimum absolute atomic E-state index is 0.0325. The molecule has 0 radical (unpaired) electrons. The third kappa shape index (κ3) is 3.52. The fourth-order valence-electron chi connectivity index (χ4n) is 2.79. The quantitative estimate of drug-likeness (QED) is 0.186. The number of aliphatic hydroxyl groups excluding tert-OH is 1. The summed E-state index contributed by atoms with van der Waals surface area (Å²) < 4.78 is 0. The molecule has 134 valence electrons. The lowest BCUT2D eigenvalue weighted by molar-refractivity contribution is -0.127. The van der Waals surface area contributed by atoms with Crippen LogP contribution < -0.4 is 11.2 Å². The number of allylic oxidation sites excluding steroid dienone is 3. The molecular formula is C17H19N7O2. The van der Waals surface area contributed by atoms with E-state index in [0.717, 1.165) is 23.0 Å². The number of aromatic amines is 1. The lowest BCUT2D eigenvalue weighted by Crippen LogP contribution is -2.32. The number of amidine groups is 1. The van der Waals surface area contributed by atoms with Crippen molar-refractivity contribution in [2.24, 2.45) is 16.2 Å². The van der Waals surface area contributed by atoms with Gasteiger partial charge < -0.3 is 16.3 Å². The van der Waals surface area contributed by atoms with E-state index in [-0.39, 0.29) is 11.8 Å². The number of amides is 1. The van der Waals surface area contributed by atoms with Crippen LogP contribution in [0.3, 0.4) is 0 Å². The molecule has 0 fully saturated rings. The van der Waals surface area contributed by atoms with Gasteiger partial charge in [0.25, 0.3) is 5.91 Å². The van der Waals surface area contributed by atoms with Crippen LogP contribution in [0.25, 0.3) is 10.9 Å². The lowest BCUT2D eigenvalue weighted by Gasteiger charge is -2.17. The zero-order valence-electron chi connectivity index (χ0n) is 14.1. The Bertz CT molecular complexity index is 940. The minimum atomic E-state index is -1.08. The molecule has 1 unspecified atom stereocenters. The second kappa shape index (κ2) is 7.28. The maximum atomic E-state index is 11.7. The number of H-pyrrole nitrogens is 1. The molecule has 3 rings (SSSR count). The number of rotatable bonds is 4. The fourth-order valence-corrected chi connectivity index (χ4v) is 2.79. The van der Waals surface area contributed by atoms with Gasteiger partial charge in [-0.15, -0.1) is 5.11 Å². The molecule has 1 aliphatic rings. The summed E-state index contributed by atoms with van der Waals surface area (Å²) in [5.74, 6) is 4.49.